The molecular weight excluding hydrogens is 382 g/mol. The van der Waals surface area contributed by atoms with Crippen molar-refractivity contribution in [2.24, 2.45) is 0 Å². The topological polar surface area (TPSA) is 104 Å². The second-order valence-electron chi connectivity index (χ2n) is 7.49. The Hall–Kier alpha value is -4.38. The van der Waals surface area contributed by atoms with Gasteiger partial charge in [0.05, 0.1) is 22.1 Å². The third kappa shape index (κ3) is 3.65. The standard InChI is InChI=1S/C13H11N3.C13H10N2/c14-10-3-1-8-5-9-2-4-11(15)7-13(9)16-12(8)6-10;14-11-5-3-7-13-10(11)8-9-4-1-2-6-12(9)15-13/h1-7H,14-15H2;1-8H,14H2. The summed E-state index contributed by atoms with van der Waals surface area (Å²) < 4.78 is 0. The molecule has 0 atom stereocenters. The number of nitrogens with zero attached hydrogens (tertiary/aromatic N) is 2. The van der Waals surface area contributed by atoms with Gasteiger partial charge in [-0.25, -0.2) is 9.97 Å². The van der Waals surface area contributed by atoms with Gasteiger partial charge >= 0.3 is 0 Å². The van der Waals surface area contributed by atoms with Gasteiger partial charge in [-0.15, -0.1) is 0 Å². The fourth-order valence-electron chi connectivity index (χ4n) is 3.68. The van der Waals surface area contributed by atoms with Crippen molar-refractivity contribution < 1.29 is 0 Å². The highest BCUT2D eigenvalue weighted by molar-refractivity contribution is 5.98. The molecule has 0 fully saturated rings. The molecule has 0 saturated heterocycles. The highest BCUT2D eigenvalue weighted by Crippen LogP contribution is 2.24. The third-order valence-corrected chi connectivity index (χ3v) is 5.26. The highest BCUT2D eigenvalue weighted by Gasteiger charge is 2.02. The summed E-state index contributed by atoms with van der Waals surface area (Å²) in [6.45, 7) is 0. The van der Waals surface area contributed by atoms with E-state index in [2.05, 4.69) is 22.1 Å². The molecule has 5 heteroatoms. The zero-order valence-corrected chi connectivity index (χ0v) is 16.8. The molecule has 6 aromatic rings. The molecular formula is C26H21N5. The molecule has 0 radical (unpaired) electrons. The Morgan fingerprint density at radius 1 is 0.452 bits per heavy atom. The first-order chi connectivity index (χ1) is 15.1. The van der Waals surface area contributed by atoms with Gasteiger partial charge in [0.15, 0.2) is 0 Å². The molecule has 0 aliphatic heterocycles. The molecule has 0 spiro atoms. The van der Waals surface area contributed by atoms with Crippen molar-refractivity contribution in [3.8, 4) is 0 Å². The summed E-state index contributed by atoms with van der Waals surface area (Å²) in [6, 6.07) is 29.5. The molecule has 0 aliphatic rings. The maximum Gasteiger partial charge on any atom is 0.0730 e. The molecule has 4 aromatic carbocycles. The van der Waals surface area contributed by atoms with Gasteiger partial charge < -0.3 is 17.2 Å². The van der Waals surface area contributed by atoms with Gasteiger partial charge in [0.1, 0.15) is 0 Å². The summed E-state index contributed by atoms with van der Waals surface area (Å²) in [6.07, 6.45) is 0. The second-order valence-corrected chi connectivity index (χ2v) is 7.49. The molecule has 5 nitrogen and oxygen atoms in total. The minimum absolute atomic E-state index is 0.725. The third-order valence-electron chi connectivity index (χ3n) is 5.26. The first-order valence-electron chi connectivity index (χ1n) is 9.96. The highest BCUT2D eigenvalue weighted by atomic mass is 14.7. The number of pyridine rings is 2. The predicted octanol–water partition coefficient (Wildman–Crippen LogP) is 5.52. The largest absolute Gasteiger partial charge is 0.399 e. The van der Waals surface area contributed by atoms with Crippen LogP contribution in [0.2, 0.25) is 0 Å². The van der Waals surface area contributed by atoms with Gasteiger partial charge in [-0.05, 0) is 54.6 Å². The van der Waals surface area contributed by atoms with Crippen LogP contribution in [0, 0.1) is 0 Å². The van der Waals surface area contributed by atoms with E-state index in [4.69, 9.17) is 17.2 Å². The van der Waals surface area contributed by atoms with Crippen molar-refractivity contribution in [2.45, 2.75) is 0 Å². The lowest BCUT2D eigenvalue weighted by Crippen LogP contribution is -1.89. The zero-order chi connectivity index (χ0) is 21.4. The number of fused-ring (bicyclic) bond motifs is 4. The van der Waals surface area contributed by atoms with E-state index in [-0.39, 0.29) is 0 Å². The van der Waals surface area contributed by atoms with E-state index in [1.807, 2.05) is 78.9 Å². The summed E-state index contributed by atoms with van der Waals surface area (Å²) in [5, 5.41) is 4.33. The van der Waals surface area contributed by atoms with Crippen molar-refractivity contribution in [3.63, 3.8) is 0 Å². The Morgan fingerprint density at radius 2 is 1.03 bits per heavy atom. The van der Waals surface area contributed by atoms with Crippen LogP contribution in [0.4, 0.5) is 17.1 Å². The van der Waals surface area contributed by atoms with Gasteiger partial charge in [-0.2, -0.15) is 0 Å². The first kappa shape index (κ1) is 18.6. The monoisotopic (exact) mass is 403 g/mol. The Balaban J connectivity index is 0.000000132. The summed E-state index contributed by atoms with van der Waals surface area (Å²) in [4.78, 5) is 9.10. The van der Waals surface area contributed by atoms with Crippen LogP contribution < -0.4 is 17.2 Å². The summed E-state index contributed by atoms with van der Waals surface area (Å²) >= 11 is 0. The maximum absolute atomic E-state index is 5.91. The number of benzene rings is 4. The van der Waals surface area contributed by atoms with Crippen LogP contribution in [0.3, 0.4) is 0 Å². The average Bonchev–Trinajstić information content (AvgIpc) is 2.77. The number of hydrogen-bond donors (Lipinski definition) is 3. The molecule has 6 N–H and O–H groups in total. The van der Waals surface area contributed by atoms with Gasteiger partial charge in [-0.1, -0.05) is 36.4 Å². The Kier molecular flexibility index (Phi) is 4.49. The van der Waals surface area contributed by atoms with Crippen molar-refractivity contribution in [1.82, 2.24) is 9.97 Å². The van der Waals surface area contributed by atoms with E-state index in [0.29, 0.717) is 0 Å². The predicted molar refractivity (Wildman–Crippen MR) is 132 cm³/mol. The van der Waals surface area contributed by atoms with Crippen molar-refractivity contribution >= 4 is 60.7 Å². The number of nitrogen functional groups attached to an aromatic ring is 3. The minimum Gasteiger partial charge on any atom is -0.399 e. The molecule has 31 heavy (non-hydrogen) atoms. The fraction of sp³-hybridized carbons (Fsp3) is 0. The molecule has 6 rings (SSSR count). The number of nitrogens with two attached hydrogens (primary N) is 3. The molecule has 2 aromatic heterocycles. The van der Waals surface area contributed by atoms with Crippen LogP contribution in [0.1, 0.15) is 0 Å². The minimum atomic E-state index is 0.725. The van der Waals surface area contributed by atoms with Crippen LogP contribution in [0.15, 0.2) is 91.0 Å². The lowest BCUT2D eigenvalue weighted by molar-refractivity contribution is 1.50. The molecule has 0 amide bonds. The van der Waals surface area contributed by atoms with Crippen molar-refractivity contribution in [1.29, 1.82) is 0 Å². The molecule has 0 aliphatic carbocycles. The second kappa shape index (κ2) is 7.46. The first-order valence-corrected chi connectivity index (χ1v) is 9.96. The lowest BCUT2D eigenvalue weighted by atomic mass is 10.1. The number of para-hydroxylation sites is 1. The Morgan fingerprint density at radius 3 is 1.74 bits per heavy atom. The van der Waals surface area contributed by atoms with E-state index >= 15 is 0 Å². The number of anilines is 3. The van der Waals surface area contributed by atoms with Crippen molar-refractivity contribution in [2.75, 3.05) is 17.2 Å². The van der Waals surface area contributed by atoms with Crippen LogP contribution in [0.25, 0.3) is 43.6 Å². The lowest BCUT2D eigenvalue weighted by Gasteiger charge is -2.03. The fourth-order valence-corrected chi connectivity index (χ4v) is 3.68. The van der Waals surface area contributed by atoms with Crippen molar-refractivity contribution in [3.05, 3.63) is 91.0 Å². The van der Waals surface area contributed by atoms with E-state index in [1.54, 1.807) is 0 Å². The van der Waals surface area contributed by atoms with Crippen LogP contribution in [0.5, 0.6) is 0 Å². The summed E-state index contributed by atoms with van der Waals surface area (Å²) in [7, 11) is 0. The van der Waals surface area contributed by atoms with E-state index in [0.717, 1.165) is 60.7 Å². The van der Waals surface area contributed by atoms with Crippen LogP contribution in [-0.2, 0) is 0 Å². The Labute approximate surface area is 179 Å². The zero-order valence-electron chi connectivity index (χ0n) is 16.8. The quantitative estimate of drug-likeness (QED) is 0.229. The molecule has 0 saturated carbocycles. The maximum atomic E-state index is 5.91. The molecule has 150 valence electrons. The number of rotatable bonds is 0. The molecule has 0 bridgehead atoms. The molecule has 0 unspecified atom stereocenters. The van der Waals surface area contributed by atoms with E-state index < -0.39 is 0 Å². The van der Waals surface area contributed by atoms with E-state index in [1.165, 1.54) is 0 Å². The Bertz CT molecular complexity index is 1520. The molecule has 2 heterocycles. The normalized spacial score (nSPS) is 11.0. The SMILES string of the molecule is Nc1ccc2cc3ccc(N)cc3nc2c1.Nc1cccc2nc3ccccc3cc12. The number of hydrogen-bond acceptors (Lipinski definition) is 5. The van der Waals surface area contributed by atoms with Gasteiger partial charge in [-0.3, -0.25) is 0 Å². The van der Waals surface area contributed by atoms with Crippen LogP contribution in [-0.4, -0.2) is 9.97 Å². The number of aromatic nitrogens is 2. The van der Waals surface area contributed by atoms with Crippen LogP contribution >= 0.6 is 0 Å². The smallest absolute Gasteiger partial charge is 0.0730 e. The summed E-state index contributed by atoms with van der Waals surface area (Å²) in [5.41, 5.74) is 23.4. The van der Waals surface area contributed by atoms with E-state index in [9.17, 15) is 0 Å². The van der Waals surface area contributed by atoms with Gasteiger partial charge in [0, 0.05) is 38.6 Å². The summed E-state index contributed by atoms with van der Waals surface area (Å²) in [5.74, 6) is 0. The van der Waals surface area contributed by atoms with Gasteiger partial charge in [0.2, 0.25) is 0 Å². The van der Waals surface area contributed by atoms with Gasteiger partial charge in [0.25, 0.3) is 0 Å². The average molecular weight is 403 g/mol.